The van der Waals surface area contributed by atoms with Gasteiger partial charge < -0.3 is 10.1 Å². The lowest BCUT2D eigenvalue weighted by Crippen LogP contribution is -2.25. The third-order valence-corrected chi connectivity index (χ3v) is 4.60. The number of methoxy groups -OCH3 is 1. The first-order valence-electron chi connectivity index (χ1n) is 6.35. The Morgan fingerprint density at radius 2 is 2.11 bits per heavy atom. The lowest BCUT2D eigenvalue weighted by atomic mass is 10.1. The van der Waals surface area contributed by atoms with Crippen molar-refractivity contribution in [3.05, 3.63) is 29.6 Å². The fourth-order valence-electron chi connectivity index (χ4n) is 1.89. The molecule has 1 rings (SSSR count). The summed E-state index contributed by atoms with van der Waals surface area (Å²) in [5.74, 6) is 0.276. The molecule has 0 bridgehead atoms. The normalized spacial score (nSPS) is 15.8. The van der Waals surface area contributed by atoms with Crippen molar-refractivity contribution >= 4 is 10.8 Å². The van der Waals surface area contributed by atoms with Gasteiger partial charge in [0, 0.05) is 33.9 Å². The monoisotopic (exact) mass is 287 g/mol. The van der Waals surface area contributed by atoms with E-state index in [-0.39, 0.29) is 17.1 Å². The molecule has 0 aliphatic heterocycles. The predicted octanol–water partition coefficient (Wildman–Crippen LogP) is 2.64. The van der Waals surface area contributed by atoms with E-state index in [1.807, 2.05) is 13.8 Å². The Morgan fingerprint density at radius 3 is 2.68 bits per heavy atom. The van der Waals surface area contributed by atoms with Gasteiger partial charge in [0.05, 0.1) is 7.11 Å². The van der Waals surface area contributed by atoms with Gasteiger partial charge in [-0.2, -0.15) is 0 Å². The van der Waals surface area contributed by atoms with Crippen LogP contribution in [0.3, 0.4) is 0 Å². The maximum absolute atomic E-state index is 13.8. The van der Waals surface area contributed by atoms with Gasteiger partial charge >= 0.3 is 0 Å². The first-order chi connectivity index (χ1) is 8.97. The summed E-state index contributed by atoms with van der Waals surface area (Å²) >= 11 is 0. The summed E-state index contributed by atoms with van der Waals surface area (Å²) < 4.78 is 30.3. The predicted molar refractivity (Wildman–Crippen MR) is 77.5 cm³/mol. The second-order valence-electron chi connectivity index (χ2n) is 4.63. The summed E-state index contributed by atoms with van der Waals surface area (Å²) in [6, 6.07) is 4.67. The highest BCUT2D eigenvalue weighted by Crippen LogP contribution is 2.27. The Bertz CT molecular complexity index is 439. The fourth-order valence-corrected chi connectivity index (χ4v) is 2.34. The molecule has 19 heavy (non-hydrogen) atoms. The minimum Gasteiger partial charge on any atom is -0.496 e. The summed E-state index contributed by atoms with van der Waals surface area (Å²) in [6.07, 6.45) is 2.50. The summed E-state index contributed by atoms with van der Waals surface area (Å²) in [5.41, 5.74) is 0.537. The molecule has 0 saturated heterocycles. The van der Waals surface area contributed by atoms with Crippen LogP contribution in [0.25, 0.3) is 0 Å². The second-order valence-corrected chi connectivity index (χ2v) is 6.43. The van der Waals surface area contributed by atoms with Crippen LogP contribution < -0.4 is 10.1 Å². The summed E-state index contributed by atoms with van der Waals surface area (Å²) in [4.78, 5) is 0. The Hall–Kier alpha value is -0.940. The number of hydrogen-bond donors (Lipinski definition) is 1. The first kappa shape index (κ1) is 16.1. The molecular formula is C14H22FNO2S. The topological polar surface area (TPSA) is 38.3 Å². The smallest absolute Gasteiger partial charge is 0.131 e. The van der Waals surface area contributed by atoms with E-state index < -0.39 is 10.8 Å². The van der Waals surface area contributed by atoms with E-state index in [1.54, 1.807) is 18.4 Å². The molecule has 3 atom stereocenters. The zero-order chi connectivity index (χ0) is 14.4. The van der Waals surface area contributed by atoms with E-state index in [0.29, 0.717) is 17.9 Å². The number of ether oxygens (including phenoxy) is 1. The molecule has 3 unspecified atom stereocenters. The van der Waals surface area contributed by atoms with E-state index in [1.165, 1.54) is 13.2 Å². The molecule has 0 aliphatic rings. The largest absolute Gasteiger partial charge is 0.496 e. The SMILES string of the molecule is COc1cccc(F)c1C(C)NCCC(C)S(C)=O. The summed E-state index contributed by atoms with van der Waals surface area (Å²) in [5, 5.41) is 3.39. The van der Waals surface area contributed by atoms with Crippen LogP contribution in [0.4, 0.5) is 4.39 Å². The molecule has 0 aromatic heterocycles. The van der Waals surface area contributed by atoms with Gasteiger partial charge in [0.1, 0.15) is 11.6 Å². The van der Waals surface area contributed by atoms with Gasteiger partial charge in [0.15, 0.2) is 0 Å². The average molecular weight is 287 g/mol. The number of benzene rings is 1. The minimum atomic E-state index is -0.819. The number of halogens is 1. The van der Waals surface area contributed by atoms with E-state index in [2.05, 4.69) is 5.32 Å². The standard InChI is InChI=1S/C14H22FNO2S/c1-10(19(4)17)8-9-16-11(2)14-12(15)6-5-7-13(14)18-3/h5-7,10-11,16H,8-9H2,1-4H3. The van der Waals surface area contributed by atoms with Crippen LogP contribution in [-0.2, 0) is 10.8 Å². The molecule has 5 heteroatoms. The molecule has 1 aromatic rings. The van der Waals surface area contributed by atoms with Crippen molar-refractivity contribution in [3.8, 4) is 5.75 Å². The van der Waals surface area contributed by atoms with Crippen LogP contribution in [-0.4, -0.2) is 29.4 Å². The quantitative estimate of drug-likeness (QED) is 0.838. The minimum absolute atomic E-state index is 0.141. The Kier molecular flexibility index (Phi) is 6.45. The van der Waals surface area contributed by atoms with Crippen LogP contribution in [0.1, 0.15) is 31.9 Å². The molecule has 0 heterocycles. The second kappa shape index (κ2) is 7.60. The van der Waals surface area contributed by atoms with Gasteiger partial charge in [-0.15, -0.1) is 0 Å². The van der Waals surface area contributed by atoms with Crippen molar-refractivity contribution in [3.63, 3.8) is 0 Å². The first-order valence-corrected chi connectivity index (χ1v) is 7.97. The van der Waals surface area contributed by atoms with Crippen molar-refractivity contribution in [2.45, 2.75) is 31.6 Å². The lowest BCUT2D eigenvalue weighted by molar-refractivity contribution is 0.393. The maximum Gasteiger partial charge on any atom is 0.131 e. The lowest BCUT2D eigenvalue weighted by Gasteiger charge is -2.18. The highest BCUT2D eigenvalue weighted by Gasteiger charge is 2.16. The van der Waals surface area contributed by atoms with Crippen LogP contribution in [0.15, 0.2) is 18.2 Å². The highest BCUT2D eigenvalue weighted by atomic mass is 32.2. The van der Waals surface area contributed by atoms with E-state index in [0.717, 1.165) is 6.42 Å². The molecular weight excluding hydrogens is 265 g/mol. The van der Waals surface area contributed by atoms with E-state index in [9.17, 15) is 8.60 Å². The maximum atomic E-state index is 13.8. The molecule has 1 aromatic carbocycles. The van der Waals surface area contributed by atoms with Crippen molar-refractivity contribution in [1.82, 2.24) is 5.32 Å². The molecule has 0 fully saturated rings. The number of rotatable bonds is 7. The molecule has 0 amide bonds. The van der Waals surface area contributed by atoms with Gasteiger partial charge in [0.25, 0.3) is 0 Å². The Balaban J connectivity index is 2.63. The van der Waals surface area contributed by atoms with Gasteiger partial charge in [-0.25, -0.2) is 4.39 Å². The van der Waals surface area contributed by atoms with Crippen LogP contribution in [0.2, 0.25) is 0 Å². The molecule has 108 valence electrons. The van der Waals surface area contributed by atoms with Gasteiger partial charge in [-0.1, -0.05) is 13.0 Å². The Labute approximate surface area is 117 Å². The third kappa shape index (κ3) is 4.58. The highest BCUT2D eigenvalue weighted by molar-refractivity contribution is 7.84. The van der Waals surface area contributed by atoms with Crippen LogP contribution in [0, 0.1) is 5.82 Å². The Morgan fingerprint density at radius 1 is 1.42 bits per heavy atom. The average Bonchev–Trinajstić information content (AvgIpc) is 2.37. The van der Waals surface area contributed by atoms with Crippen LogP contribution in [0.5, 0.6) is 5.75 Å². The number of hydrogen-bond acceptors (Lipinski definition) is 3. The van der Waals surface area contributed by atoms with Gasteiger partial charge in [0.2, 0.25) is 0 Å². The third-order valence-electron chi connectivity index (χ3n) is 3.23. The molecule has 0 saturated carbocycles. The van der Waals surface area contributed by atoms with Gasteiger partial charge in [-0.05, 0) is 32.0 Å². The van der Waals surface area contributed by atoms with Crippen LogP contribution >= 0.6 is 0 Å². The molecule has 0 radical (unpaired) electrons. The molecule has 3 nitrogen and oxygen atoms in total. The molecule has 0 spiro atoms. The number of nitrogens with one attached hydrogen (secondary N) is 1. The zero-order valence-electron chi connectivity index (χ0n) is 11.9. The summed E-state index contributed by atoms with van der Waals surface area (Å²) in [6.45, 7) is 4.54. The summed E-state index contributed by atoms with van der Waals surface area (Å²) in [7, 11) is 0.716. The van der Waals surface area contributed by atoms with E-state index in [4.69, 9.17) is 4.74 Å². The van der Waals surface area contributed by atoms with Gasteiger partial charge in [-0.3, -0.25) is 4.21 Å². The van der Waals surface area contributed by atoms with Crippen molar-refractivity contribution in [2.75, 3.05) is 19.9 Å². The molecule has 0 aliphatic carbocycles. The zero-order valence-corrected chi connectivity index (χ0v) is 12.7. The molecule has 1 N–H and O–H groups in total. The van der Waals surface area contributed by atoms with Crippen molar-refractivity contribution in [2.24, 2.45) is 0 Å². The van der Waals surface area contributed by atoms with Crippen molar-refractivity contribution < 1.29 is 13.3 Å². The van der Waals surface area contributed by atoms with E-state index >= 15 is 0 Å². The fraction of sp³-hybridized carbons (Fsp3) is 0.571. The van der Waals surface area contributed by atoms with Crippen molar-refractivity contribution in [1.29, 1.82) is 0 Å².